The minimum Gasteiger partial charge on any atom is -0.0839 e. The molecule has 1 aliphatic rings. The summed E-state index contributed by atoms with van der Waals surface area (Å²) in [5.74, 6) is 0.288. The molecular weight excluding hydrogens is 188 g/mol. The van der Waals surface area contributed by atoms with Crippen LogP contribution in [0.5, 0.6) is 0 Å². The molecule has 0 saturated heterocycles. The van der Waals surface area contributed by atoms with Crippen LogP contribution in [0.2, 0.25) is 0 Å². The molecule has 0 aromatic heterocycles. The van der Waals surface area contributed by atoms with Crippen LogP contribution in [-0.2, 0) is 0 Å². The largest absolute Gasteiger partial charge is 0.0839 e. The van der Waals surface area contributed by atoms with Crippen LogP contribution in [0.3, 0.4) is 0 Å². The van der Waals surface area contributed by atoms with Gasteiger partial charge in [0.1, 0.15) is 0 Å². The Morgan fingerprint density at radius 1 is 1.07 bits per heavy atom. The Morgan fingerprint density at radius 3 is 2.43 bits per heavy atom. The Morgan fingerprint density at radius 2 is 1.79 bits per heavy atom. The van der Waals surface area contributed by atoms with Gasteiger partial charge in [-0.3, -0.25) is 0 Å². The van der Waals surface area contributed by atoms with Gasteiger partial charge in [0, 0.05) is 10.8 Å². The summed E-state index contributed by atoms with van der Waals surface area (Å²) >= 11 is 5.30. The summed E-state index contributed by atoms with van der Waals surface area (Å²) in [7, 11) is 0. The smallest absolute Gasteiger partial charge is 0.0375 e. The van der Waals surface area contributed by atoms with Crippen LogP contribution in [0.1, 0.15) is 17.0 Å². The van der Waals surface area contributed by atoms with E-state index in [9.17, 15) is 0 Å². The maximum absolute atomic E-state index is 5.30. The van der Waals surface area contributed by atoms with E-state index in [-0.39, 0.29) is 5.92 Å². The molecule has 1 atom stereocenters. The summed E-state index contributed by atoms with van der Waals surface area (Å²) in [6, 6.07) is 8.56. The summed E-state index contributed by atoms with van der Waals surface area (Å²) in [6.07, 6.45) is 8.19. The standard InChI is InChI=1S/C13H12S/c1-10-6-8-11(9-7-10)12-4-2-3-5-13(12)14/h2-9,12H,1H3. The zero-order valence-electron chi connectivity index (χ0n) is 8.10. The summed E-state index contributed by atoms with van der Waals surface area (Å²) in [5.41, 5.74) is 2.57. The van der Waals surface area contributed by atoms with E-state index in [4.69, 9.17) is 12.2 Å². The molecule has 0 heterocycles. The average Bonchev–Trinajstić information content (AvgIpc) is 2.20. The van der Waals surface area contributed by atoms with Crippen molar-refractivity contribution in [3.05, 3.63) is 59.7 Å². The van der Waals surface area contributed by atoms with E-state index in [2.05, 4.69) is 43.3 Å². The molecule has 1 aromatic rings. The van der Waals surface area contributed by atoms with Crippen LogP contribution in [0, 0.1) is 6.92 Å². The Hall–Kier alpha value is -1.21. The first-order valence-electron chi connectivity index (χ1n) is 4.72. The van der Waals surface area contributed by atoms with Gasteiger partial charge in [0.25, 0.3) is 0 Å². The zero-order valence-corrected chi connectivity index (χ0v) is 8.92. The molecule has 70 valence electrons. The highest BCUT2D eigenvalue weighted by atomic mass is 32.1. The van der Waals surface area contributed by atoms with E-state index in [0.717, 1.165) is 4.86 Å². The molecule has 0 nitrogen and oxygen atoms in total. The van der Waals surface area contributed by atoms with E-state index in [0.29, 0.717) is 0 Å². The lowest BCUT2D eigenvalue weighted by Crippen LogP contribution is -2.07. The number of aryl methyl sites for hydroxylation is 1. The van der Waals surface area contributed by atoms with Crippen molar-refractivity contribution in [1.82, 2.24) is 0 Å². The molecule has 0 radical (unpaired) electrons. The second-order valence-electron chi connectivity index (χ2n) is 3.53. The number of benzene rings is 1. The number of thiocarbonyl (C=S) groups is 1. The van der Waals surface area contributed by atoms with E-state index in [1.165, 1.54) is 11.1 Å². The number of rotatable bonds is 1. The van der Waals surface area contributed by atoms with Gasteiger partial charge in [-0.2, -0.15) is 0 Å². The fraction of sp³-hybridized carbons (Fsp3) is 0.154. The summed E-state index contributed by atoms with van der Waals surface area (Å²) in [4.78, 5) is 0.997. The minimum atomic E-state index is 0.288. The van der Waals surface area contributed by atoms with Crippen molar-refractivity contribution in [3.63, 3.8) is 0 Å². The molecule has 1 aliphatic carbocycles. The van der Waals surface area contributed by atoms with Gasteiger partial charge in [0.05, 0.1) is 0 Å². The molecule has 0 spiro atoms. The molecule has 0 amide bonds. The Labute approximate surface area is 90.0 Å². The van der Waals surface area contributed by atoms with Crippen molar-refractivity contribution < 1.29 is 0 Å². The van der Waals surface area contributed by atoms with Crippen LogP contribution >= 0.6 is 12.2 Å². The predicted octanol–water partition coefficient (Wildman–Crippen LogP) is 3.57. The van der Waals surface area contributed by atoms with Crippen LogP contribution in [0.25, 0.3) is 0 Å². The Bertz CT molecular complexity index is 396. The molecule has 0 saturated carbocycles. The van der Waals surface area contributed by atoms with Gasteiger partial charge in [-0.15, -0.1) is 0 Å². The maximum atomic E-state index is 5.30. The molecule has 1 heteroatoms. The molecule has 1 aromatic carbocycles. The second-order valence-corrected chi connectivity index (χ2v) is 4.01. The summed E-state index contributed by atoms with van der Waals surface area (Å²) in [5, 5.41) is 0. The highest BCUT2D eigenvalue weighted by Crippen LogP contribution is 2.23. The van der Waals surface area contributed by atoms with E-state index in [1.807, 2.05) is 12.2 Å². The van der Waals surface area contributed by atoms with Crippen molar-refractivity contribution in [2.75, 3.05) is 0 Å². The number of hydrogen-bond donors (Lipinski definition) is 0. The van der Waals surface area contributed by atoms with Gasteiger partial charge < -0.3 is 0 Å². The second kappa shape index (κ2) is 3.89. The lowest BCUT2D eigenvalue weighted by molar-refractivity contribution is 1.15. The van der Waals surface area contributed by atoms with Crippen molar-refractivity contribution in [1.29, 1.82) is 0 Å². The first-order valence-corrected chi connectivity index (χ1v) is 5.13. The average molecular weight is 200 g/mol. The first kappa shape index (κ1) is 9.35. The molecular formula is C13H12S. The van der Waals surface area contributed by atoms with Crippen molar-refractivity contribution >= 4 is 17.1 Å². The lowest BCUT2D eigenvalue weighted by Gasteiger charge is -2.14. The van der Waals surface area contributed by atoms with Crippen molar-refractivity contribution in [2.45, 2.75) is 12.8 Å². The van der Waals surface area contributed by atoms with Gasteiger partial charge in [0.2, 0.25) is 0 Å². The molecule has 1 unspecified atom stereocenters. The van der Waals surface area contributed by atoms with Crippen LogP contribution in [0.4, 0.5) is 0 Å². The molecule has 14 heavy (non-hydrogen) atoms. The Balaban J connectivity index is 2.31. The minimum absolute atomic E-state index is 0.288. The fourth-order valence-electron chi connectivity index (χ4n) is 1.57. The maximum Gasteiger partial charge on any atom is 0.0375 e. The first-order chi connectivity index (χ1) is 6.77. The monoisotopic (exact) mass is 200 g/mol. The molecule has 0 N–H and O–H groups in total. The van der Waals surface area contributed by atoms with Crippen molar-refractivity contribution in [2.24, 2.45) is 0 Å². The van der Waals surface area contributed by atoms with Gasteiger partial charge in [-0.1, -0.05) is 60.3 Å². The van der Waals surface area contributed by atoms with Gasteiger partial charge in [-0.25, -0.2) is 0 Å². The summed E-state index contributed by atoms with van der Waals surface area (Å²) in [6.45, 7) is 2.10. The third-order valence-electron chi connectivity index (χ3n) is 2.42. The van der Waals surface area contributed by atoms with E-state index >= 15 is 0 Å². The normalized spacial score (nSPS) is 20.1. The van der Waals surface area contributed by atoms with Gasteiger partial charge in [-0.05, 0) is 18.6 Å². The molecule has 0 fully saturated rings. The number of allylic oxidation sites excluding steroid dienone is 4. The quantitative estimate of drug-likeness (QED) is 0.624. The zero-order chi connectivity index (χ0) is 9.97. The third kappa shape index (κ3) is 1.83. The van der Waals surface area contributed by atoms with E-state index < -0.39 is 0 Å². The van der Waals surface area contributed by atoms with Crippen LogP contribution < -0.4 is 0 Å². The molecule has 0 aliphatic heterocycles. The van der Waals surface area contributed by atoms with Gasteiger partial charge in [0.15, 0.2) is 0 Å². The highest BCUT2D eigenvalue weighted by molar-refractivity contribution is 7.80. The van der Waals surface area contributed by atoms with Gasteiger partial charge >= 0.3 is 0 Å². The van der Waals surface area contributed by atoms with Crippen molar-refractivity contribution in [3.8, 4) is 0 Å². The Kier molecular flexibility index (Phi) is 2.60. The number of hydrogen-bond acceptors (Lipinski definition) is 1. The third-order valence-corrected chi connectivity index (χ3v) is 2.81. The topological polar surface area (TPSA) is 0 Å². The summed E-state index contributed by atoms with van der Waals surface area (Å²) < 4.78 is 0. The van der Waals surface area contributed by atoms with Crippen LogP contribution in [-0.4, -0.2) is 4.86 Å². The predicted molar refractivity (Wildman–Crippen MR) is 64.8 cm³/mol. The lowest BCUT2D eigenvalue weighted by atomic mass is 9.92. The molecule has 0 bridgehead atoms. The van der Waals surface area contributed by atoms with Crippen LogP contribution in [0.15, 0.2) is 48.6 Å². The highest BCUT2D eigenvalue weighted by Gasteiger charge is 2.12. The SMILES string of the molecule is Cc1ccc(C2C=CC=CC2=S)cc1. The van der Waals surface area contributed by atoms with E-state index in [1.54, 1.807) is 0 Å². The fourth-order valence-corrected chi connectivity index (χ4v) is 1.87. The molecule has 2 rings (SSSR count).